The van der Waals surface area contributed by atoms with Gasteiger partial charge in [0.1, 0.15) is 0 Å². The van der Waals surface area contributed by atoms with Gasteiger partial charge in [-0.2, -0.15) is 0 Å². The van der Waals surface area contributed by atoms with E-state index in [9.17, 15) is 5.11 Å². The SMILES string of the molecule is CCC(C)(O)CN1CC(N)Cc2ccccc21. The molecule has 1 aromatic carbocycles. The Hall–Kier alpha value is -1.06. The predicted molar refractivity (Wildman–Crippen MR) is 71.2 cm³/mol. The summed E-state index contributed by atoms with van der Waals surface area (Å²) in [6.07, 6.45) is 1.68. The van der Waals surface area contributed by atoms with Crippen molar-refractivity contribution in [2.75, 3.05) is 18.0 Å². The summed E-state index contributed by atoms with van der Waals surface area (Å²) in [6, 6.07) is 8.50. The van der Waals surface area contributed by atoms with Gasteiger partial charge in [-0.05, 0) is 31.4 Å². The lowest BCUT2D eigenvalue weighted by Crippen LogP contribution is -2.49. The average Bonchev–Trinajstić information content (AvgIpc) is 2.28. The van der Waals surface area contributed by atoms with Crippen LogP contribution in [0.3, 0.4) is 0 Å². The minimum atomic E-state index is -0.649. The number of β-amino-alcohol motifs (C(OH)–C–C–N with tert-alkyl or cyclic N) is 1. The lowest BCUT2D eigenvalue weighted by molar-refractivity contribution is 0.0624. The Morgan fingerprint density at radius 1 is 1.47 bits per heavy atom. The second kappa shape index (κ2) is 4.67. The number of nitrogens with zero attached hydrogens (tertiary/aromatic N) is 1. The fourth-order valence-corrected chi connectivity index (χ4v) is 2.39. The smallest absolute Gasteiger partial charge is 0.0791 e. The summed E-state index contributed by atoms with van der Waals surface area (Å²) in [5.41, 5.74) is 7.94. The summed E-state index contributed by atoms with van der Waals surface area (Å²) in [6.45, 7) is 5.37. The van der Waals surface area contributed by atoms with Gasteiger partial charge in [0.05, 0.1) is 5.60 Å². The monoisotopic (exact) mass is 234 g/mol. The molecule has 0 bridgehead atoms. The van der Waals surface area contributed by atoms with E-state index in [1.165, 1.54) is 11.3 Å². The molecule has 0 fully saturated rings. The molecule has 0 saturated carbocycles. The molecule has 3 nitrogen and oxygen atoms in total. The van der Waals surface area contributed by atoms with Crippen molar-refractivity contribution < 1.29 is 5.11 Å². The average molecular weight is 234 g/mol. The Bertz CT molecular complexity index is 390. The zero-order chi connectivity index (χ0) is 12.5. The topological polar surface area (TPSA) is 49.5 Å². The maximum Gasteiger partial charge on any atom is 0.0791 e. The summed E-state index contributed by atoms with van der Waals surface area (Å²) in [7, 11) is 0. The summed E-state index contributed by atoms with van der Waals surface area (Å²) >= 11 is 0. The number of para-hydroxylation sites is 1. The molecule has 0 radical (unpaired) electrons. The van der Waals surface area contributed by atoms with Crippen molar-refractivity contribution in [2.24, 2.45) is 5.73 Å². The van der Waals surface area contributed by atoms with Crippen molar-refractivity contribution >= 4 is 5.69 Å². The van der Waals surface area contributed by atoms with Crippen molar-refractivity contribution in [3.8, 4) is 0 Å². The highest BCUT2D eigenvalue weighted by Gasteiger charge is 2.27. The largest absolute Gasteiger partial charge is 0.388 e. The van der Waals surface area contributed by atoms with Crippen molar-refractivity contribution in [3.63, 3.8) is 0 Å². The second-order valence-corrected chi connectivity index (χ2v) is 5.32. The van der Waals surface area contributed by atoms with Crippen LogP contribution in [0.2, 0.25) is 0 Å². The van der Waals surface area contributed by atoms with E-state index < -0.39 is 5.60 Å². The Labute approximate surface area is 103 Å². The molecule has 94 valence electrons. The van der Waals surface area contributed by atoms with Gasteiger partial charge in [0.25, 0.3) is 0 Å². The fraction of sp³-hybridized carbons (Fsp3) is 0.571. The van der Waals surface area contributed by atoms with Crippen LogP contribution in [0.4, 0.5) is 5.69 Å². The predicted octanol–water partition coefficient (Wildman–Crippen LogP) is 1.54. The van der Waals surface area contributed by atoms with E-state index in [0.29, 0.717) is 6.54 Å². The van der Waals surface area contributed by atoms with Gasteiger partial charge in [-0.25, -0.2) is 0 Å². The van der Waals surface area contributed by atoms with E-state index in [2.05, 4.69) is 17.0 Å². The van der Waals surface area contributed by atoms with Crippen LogP contribution in [0.5, 0.6) is 0 Å². The summed E-state index contributed by atoms with van der Waals surface area (Å²) in [5.74, 6) is 0. The molecular weight excluding hydrogens is 212 g/mol. The number of hydrogen-bond donors (Lipinski definition) is 2. The molecule has 2 atom stereocenters. The Morgan fingerprint density at radius 2 is 2.18 bits per heavy atom. The third-order valence-electron chi connectivity index (χ3n) is 3.56. The first-order valence-corrected chi connectivity index (χ1v) is 6.32. The molecule has 3 N–H and O–H groups in total. The number of aliphatic hydroxyl groups is 1. The van der Waals surface area contributed by atoms with E-state index in [-0.39, 0.29) is 6.04 Å². The molecule has 0 aromatic heterocycles. The number of nitrogens with two attached hydrogens (primary N) is 1. The second-order valence-electron chi connectivity index (χ2n) is 5.32. The van der Waals surface area contributed by atoms with Gasteiger partial charge in [-0.1, -0.05) is 25.1 Å². The van der Waals surface area contributed by atoms with E-state index in [1.807, 2.05) is 26.0 Å². The van der Waals surface area contributed by atoms with E-state index in [1.54, 1.807) is 0 Å². The lowest BCUT2D eigenvalue weighted by Gasteiger charge is -2.38. The van der Waals surface area contributed by atoms with E-state index >= 15 is 0 Å². The first-order valence-electron chi connectivity index (χ1n) is 6.32. The minimum Gasteiger partial charge on any atom is -0.388 e. The van der Waals surface area contributed by atoms with Crippen LogP contribution >= 0.6 is 0 Å². The van der Waals surface area contributed by atoms with Crippen LogP contribution in [0.1, 0.15) is 25.8 Å². The standard InChI is InChI=1S/C14H22N2O/c1-3-14(2,17)10-16-9-12(15)8-11-6-4-5-7-13(11)16/h4-7,12,17H,3,8-10,15H2,1-2H3. The maximum atomic E-state index is 10.2. The molecule has 3 heteroatoms. The van der Waals surface area contributed by atoms with Crippen LogP contribution < -0.4 is 10.6 Å². The molecule has 0 aliphatic carbocycles. The van der Waals surface area contributed by atoms with Crippen LogP contribution in [0.15, 0.2) is 24.3 Å². The Balaban J connectivity index is 2.24. The molecule has 1 heterocycles. The molecule has 0 saturated heterocycles. The number of benzene rings is 1. The fourth-order valence-electron chi connectivity index (χ4n) is 2.39. The molecule has 1 aliphatic rings. The van der Waals surface area contributed by atoms with Gasteiger partial charge in [-0.3, -0.25) is 0 Å². The van der Waals surface area contributed by atoms with Crippen molar-refractivity contribution in [2.45, 2.75) is 38.3 Å². The highest BCUT2D eigenvalue weighted by atomic mass is 16.3. The van der Waals surface area contributed by atoms with E-state index in [0.717, 1.165) is 19.4 Å². The van der Waals surface area contributed by atoms with E-state index in [4.69, 9.17) is 5.73 Å². The van der Waals surface area contributed by atoms with Gasteiger partial charge in [0.2, 0.25) is 0 Å². The molecule has 0 amide bonds. The third kappa shape index (κ3) is 2.79. The number of fused-ring (bicyclic) bond motifs is 1. The first kappa shape index (κ1) is 12.4. The molecule has 2 unspecified atom stereocenters. The third-order valence-corrected chi connectivity index (χ3v) is 3.56. The van der Waals surface area contributed by atoms with Crippen molar-refractivity contribution in [1.29, 1.82) is 0 Å². The highest BCUT2D eigenvalue weighted by molar-refractivity contribution is 5.56. The van der Waals surface area contributed by atoms with Gasteiger partial charge < -0.3 is 15.7 Å². The zero-order valence-electron chi connectivity index (χ0n) is 10.7. The molecular formula is C14H22N2O. The normalized spacial score (nSPS) is 23.1. The highest BCUT2D eigenvalue weighted by Crippen LogP contribution is 2.28. The van der Waals surface area contributed by atoms with Crippen molar-refractivity contribution in [3.05, 3.63) is 29.8 Å². The number of hydrogen-bond acceptors (Lipinski definition) is 3. The zero-order valence-corrected chi connectivity index (χ0v) is 10.7. The van der Waals surface area contributed by atoms with Crippen LogP contribution in [-0.4, -0.2) is 29.8 Å². The summed E-state index contributed by atoms with van der Waals surface area (Å²) in [4.78, 5) is 2.22. The molecule has 1 aromatic rings. The Morgan fingerprint density at radius 3 is 2.88 bits per heavy atom. The van der Waals surface area contributed by atoms with Crippen molar-refractivity contribution in [1.82, 2.24) is 0 Å². The lowest BCUT2D eigenvalue weighted by atomic mass is 9.95. The number of rotatable bonds is 3. The molecule has 1 aliphatic heterocycles. The quantitative estimate of drug-likeness (QED) is 0.834. The van der Waals surface area contributed by atoms with Crippen LogP contribution in [0.25, 0.3) is 0 Å². The summed E-state index contributed by atoms with van der Waals surface area (Å²) < 4.78 is 0. The molecule has 0 spiro atoms. The van der Waals surface area contributed by atoms with Gasteiger partial charge in [0, 0.05) is 24.8 Å². The Kier molecular flexibility index (Phi) is 3.40. The summed E-state index contributed by atoms with van der Waals surface area (Å²) in [5, 5.41) is 10.2. The molecule has 2 rings (SSSR count). The van der Waals surface area contributed by atoms with Gasteiger partial charge >= 0.3 is 0 Å². The molecule has 17 heavy (non-hydrogen) atoms. The maximum absolute atomic E-state index is 10.2. The first-order chi connectivity index (χ1) is 8.02. The number of anilines is 1. The van der Waals surface area contributed by atoms with Crippen LogP contribution in [-0.2, 0) is 6.42 Å². The minimum absolute atomic E-state index is 0.164. The van der Waals surface area contributed by atoms with Gasteiger partial charge in [-0.15, -0.1) is 0 Å². The van der Waals surface area contributed by atoms with Gasteiger partial charge in [0.15, 0.2) is 0 Å². The van der Waals surface area contributed by atoms with Crippen LogP contribution in [0, 0.1) is 0 Å².